The zero-order chi connectivity index (χ0) is 10.8. The molecule has 0 saturated carbocycles. The van der Waals surface area contributed by atoms with Gasteiger partial charge in [-0.2, -0.15) is 0 Å². The Balaban J connectivity index is 1.81. The molecule has 0 fully saturated rings. The highest BCUT2D eigenvalue weighted by Gasteiger charge is 1.94. The molecule has 1 N–H and O–H groups in total. The SMILES string of the molecule is CCCCCCCCCCc1[c]cc[nH]1. The first-order valence-electron chi connectivity index (χ1n) is 6.47. The number of aromatic amines is 1. The van der Waals surface area contributed by atoms with Gasteiger partial charge in [0.2, 0.25) is 0 Å². The van der Waals surface area contributed by atoms with Crippen molar-refractivity contribution in [3.63, 3.8) is 0 Å². The van der Waals surface area contributed by atoms with Crippen LogP contribution in [0.1, 0.15) is 64.0 Å². The van der Waals surface area contributed by atoms with E-state index in [1.54, 1.807) is 0 Å². The molecule has 0 amide bonds. The summed E-state index contributed by atoms with van der Waals surface area (Å²) in [7, 11) is 0. The van der Waals surface area contributed by atoms with Gasteiger partial charge in [-0.1, -0.05) is 51.9 Å². The van der Waals surface area contributed by atoms with Gasteiger partial charge >= 0.3 is 0 Å². The van der Waals surface area contributed by atoms with Crippen molar-refractivity contribution in [2.45, 2.75) is 64.7 Å². The molecule has 0 aliphatic heterocycles. The first-order valence-corrected chi connectivity index (χ1v) is 6.47. The van der Waals surface area contributed by atoms with E-state index < -0.39 is 0 Å². The van der Waals surface area contributed by atoms with E-state index in [4.69, 9.17) is 0 Å². The number of unbranched alkanes of at least 4 members (excludes halogenated alkanes) is 7. The van der Waals surface area contributed by atoms with Crippen molar-refractivity contribution >= 4 is 0 Å². The zero-order valence-corrected chi connectivity index (χ0v) is 10.0. The minimum Gasteiger partial charge on any atom is -0.364 e. The predicted molar refractivity (Wildman–Crippen MR) is 65.9 cm³/mol. The van der Waals surface area contributed by atoms with Crippen LogP contribution in [0.25, 0.3) is 0 Å². The molecule has 0 aromatic carbocycles. The average molecular weight is 206 g/mol. The van der Waals surface area contributed by atoms with E-state index in [2.05, 4.69) is 18.0 Å². The Bertz CT molecular complexity index is 213. The second-order valence-electron chi connectivity index (χ2n) is 4.33. The van der Waals surface area contributed by atoms with Crippen molar-refractivity contribution in [2.75, 3.05) is 0 Å². The van der Waals surface area contributed by atoms with Crippen LogP contribution in [0, 0.1) is 6.07 Å². The van der Waals surface area contributed by atoms with Crippen LogP contribution in [0.4, 0.5) is 0 Å². The summed E-state index contributed by atoms with van der Waals surface area (Å²) in [5, 5.41) is 0. The maximum atomic E-state index is 3.20. The van der Waals surface area contributed by atoms with Gasteiger partial charge in [-0.3, -0.25) is 0 Å². The average Bonchev–Trinajstić information content (AvgIpc) is 2.75. The minimum absolute atomic E-state index is 1.17. The lowest BCUT2D eigenvalue weighted by Crippen LogP contribution is -1.86. The van der Waals surface area contributed by atoms with Crippen molar-refractivity contribution in [3.8, 4) is 0 Å². The predicted octanol–water partition coefficient (Wildman–Crippen LogP) is 4.50. The van der Waals surface area contributed by atoms with E-state index in [1.807, 2.05) is 12.3 Å². The van der Waals surface area contributed by atoms with Crippen molar-refractivity contribution < 1.29 is 0 Å². The van der Waals surface area contributed by atoms with Gasteiger partial charge in [-0.15, -0.1) is 0 Å². The smallest absolute Gasteiger partial charge is 0.0227 e. The number of H-pyrrole nitrogens is 1. The third kappa shape index (κ3) is 6.38. The van der Waals surface area contributed by atoms with Crippen LogP contribution >= 0.6 is 0 Å². The van der Waals surface area contributed by atoms with Gasteiger partial charge in [0.25, 0.3) is 0 Å². The second kappa shape index (κ2) is 8.58. The number of aryl methyl sites for hydroxylation is 1. The van der Waals surface area contributed by atoms with Gasteiger partial charge in [0.15, 0.2) is 0 Å². The molecular formula is C14H24N. The van der Waals surface area contributed by atoms with Crippen LogP contribution in [0.5, 0.6) is 0 Å². The summed E-state index contributed by atoms with van der Waals surface area (Å²) in [6, 6.07) is 5.16. The van der Waals surface area contributed by atoms with E-state index in [0.717, 1.165) is 0 Å². The number of nitrogens with one attached hydrogen (secondary N) is 1. The van der Waals surface area contributed by atoms with E-state index in [0.29, 0.717) is 0 Å². The van der Waals surface area contributed by atoms with Crippen LogP contribution < -0.4 is 0 Å². The van der Waals surface area contributed by atoms with E-state index in [1.165, 1.54) is 63.5 Å². The summed E-state index contributed by atoms with van der Waals surface area (Å²) in [6.45, 7) is 2.27. The van der Waals surface area contributed by atoms with Gasteiger partial charge in [0.05, 0.1) is 0 Å². The summed E-state index contributed by atoms with van der Waals surface area (Å²) >= 11 is 0. The molecule has 0 aliphatic carbocycles. The number of hydrogen-bond acceptors (Lipinski definition) is 0. The molecule has 0 saturated heterocycles. The lowest BCUT2D eigenvalue weighted by molar-refractivity contribution is 0.574. The van der Waals surface area contributed by atoms with Gasteiger partial charge in [0.1, 0.15) is 0 Å². The molecule has 1 radical (unpaired) electrons. The van der Waals surface area contributed by atoms with Crippen molar-refractivity contribution in [1.29, 1.82) is 0 Å². The fourth-order valence-electron chi connectivity index (χ4n) is 1.91. The van der Waals surface area contributed by atoms with Crippen LogP contribution in [0.15, 0.2) is 12.3 Å². The van der Waals surface area contributed by atoms with Crippen LogP contribution in [0.2, 0.25) is 0 Å². The lowest BCUT2D eigenvalue weighted by Gasteiger charge is -2.00. The summed E-state index contributed by atoms with van der Waals surface area (Å²) in [5.74, 6) is 0. The molecule has 0 aliphatic rings. The standard InChI is InChI=1S/C14H24N/c1-2-3-4-5-6-7-8-9-11-14-12-10-13-15-14/h10,13,15H,2-9,11H2,1H3. The number of rotatable bonds is 9. The first kappa shape index (κ1) is 12.4. The Labute approximate surface area is 94.3 Å². The van der Waals surface area contributed by atoms with Crippen LogP contribution in [-0.4, -0.2) is 4.98 Å². The third-order valence-electron chi connectivity index (χ3n) is 2.88. The molecule has 1 heterocycles. The molecule has 0 bridgehead atoms. The zero-order valence-electron chi connectivity index (χ0n) is 10.0. The minimum atomic E-state index is 1.17. The normalized spacial score (nSPS) is 10.7. The maximum absolute atomic E-state index is 3.20. The van der Waals surface area contributed by atoms with Crippen molar-refractivity contribution in [3.05, 3.63) is 24.0 Å². The Hall–Kier alpha value is -0.720. The second-order valence-corrected chi connectivity index (χ2v) is 4.33. The fourth-order valence-corrected chi connectivity index (χ4v) is 1.91. The van der Waals surface area contributed by atoms with Gasteiger partial charge in [-0.05, 0) is 18.9 Å². The molecule has 1 heteroatoms. The largest absolute Gasteiger partial charge is 0.364 e. The Morgan fingerprint density at radius 1 is 1.00 bits per heavy atom. The molecule has 15 heavy (non-hydrogen) atoms. The van der Waals surface area contributed by atoms with E-state index >= 15 is 0 Å². The topological polar surface area (TPSA) is 15.8 Å². The highest BCUT2D eigenvalue weighted by atomic mass is 14.7. The van der Waals surface area contributed by atoms with Crippen molar-refractivity contribution in [1.82, 2.24) is 4.98 Å². The molecule has 1 aromatic rings. The van der Waals surface area contributed by atoms with Crippen LogP contribution in [0.3, 0.4) is 0 Å². The molecule has 0 atom stereocenters. The Morgan fingerprint density at radius 2 is 1.67 bits per heavy atom. The molecule has 0 unspecified atom stereocenters. The monoisotopic (exact) mass is 206 g/mol. The summed E-state index contributed by atoms with van der Waals surface area (Å²) < 4.78 is 0. The van der Waals surface area contributed by atoms with Crippen molar-refractivity contribution in [2.24, 2.45) is 0 Å². The summed E-state index contributed by atoms with van der Waals surface area (Å²) in [4.78, 5) is 3.20. The summed E-state index contributed by atoms with van der Waals surface area (Å²) in [5.41, 5.74) is 1.26. The van der Waals surface area contributed by atoms with Crippen LogP contribution in [-0.2, 0) is 6.42 Å². The number of hydrogen-bond donors (Lipinski definition) is 1. The molecule has 0 spiro atoms. The maximum Gasteiger partial charge on any atom is 0.0227 e. The third-order valence-corrected chi connectivity index (χ3v) is 2.88. The Kier molecular flexibility index (Phi) is 7.06. The van der Waals surface area contributed by atoms with E-state index in [9.17, 15) is 0 Å². The molecule has 1 rings (SSSR count). The quantitative estimate of drug-likeness (QED) is 0.573. The van der Waals surface area contributed by atoms with Gasteiger partial charge in [0, 0.05) is 18.0 Å². The molecule has 1 aromatic heterocycles. The molecule has 85 valence electrons. The van der Waals surface area contributed by atoms with Gasteiger partial charge < -0.3 is 4.98 Å². The van der Waals surface area contributed by atoms with E-state index in [-0.39, 0.29) is 0 Å². The molecular weight excluding hydrogens is 182 g/mol. The fraction of sp³-hybridized carbons (Fsp3) is 0.714. The Morgan fingerprint density at radius 3 is 2.27 bits per heavy atom. The highest BCUT2D eigenvalue weighted by Crippen LogP contribution is 2.10. The van der Waals surface area contributed by atoms with Gasteiger partial charge in [-0.25, -0.2) is 0 Å². The highest BCUT2D eigenvalue weighted by molar-refractivity contribution is 5.00. The first-order chi connectivity index (χ1) is 7.43. The number of aromatic nitrogens is 1. The summed E-state index contributed by atoms with van der Waals surface area (Å²) in [6.07, 6.45) is 14.3. The lowest BCUT2D eigenvalue weighted by atomic mass is 10.1. The molecule has 1 nitrogen and oxygen atoms in total.